The zero-order valence-electron chi connectivity index (χ0n) is 15.0. The van der Waals surface area contributed by atoms with Crippen LogP contribution in [0.15, 0.2) is 10.4 Å². The van der Waals surface area contributed by atoms with Gasteiger partial charge in [-0.15, -0.1) is 22.7 Å². The van der Waals surface area contributed by atoms with Crippen LogP contribution in [0.1, 0.15) is 40.1 Å². The van der Waals surface area contributed by atoms with Crippen molar-refractivity contribution in [3.8, 4) is 0 Å². The number of hydrogen-bond donors (Lipinski definition) is 2. The van der Waals surface area contributed by atoms with Gasteiger partial charge in [-0.25, -0.2) is 9.97 Å². The van der Waals surface area contributed by atoms with Crippen LogP contribution in [0, 0.1) is 13.8 Å². The average molecular weight is 366 g/mol. The van der Waals surface area contributed by atoms with E-state index in [-0.39, 0.29) is 0 Å². The molecule has 0 saturated heterocycles. The molecule has 0 spiro atoms. The molecule has 2 rings (SSSR count). The van der Waals surface area contributed by atoms with Gasteiger partial charge in [0.25, 0.3) is 0 Å². The SMILES string of the molecule is CCNC(=NCCc1nc(C)c(C)s1)NCCc1csc(CC)n1. The molecule has 5 nitrogen and oxygen atoms in total. The van der Waals surface area contributed by atoms with Gasteiger partial charge in [0, 0.05) is 42.7 Å². The van der Waals surface area contributed by atoms with Crippen molar-refractivity contribution in [2.24, 2.45) is 4.99 Å². The molecule has 0 aromatic carbocycles. The molecule has 2 N–H and O–H groups in total. The smallest absolute Gasteiger partial charge is 0.191 e. The molecule has 0 atom stereocenters. The third kappa shape index (κ3) is 5.87. The molecular formula is C17H27N5S2. The van der Waals surface area contributed by atoms with Crippen LogP contribution in [0.4, 0.5) is 0 Å². The molecule has 0 fully saturated rings. The zero-order chi connectivity index (χ0) is 17.4. The minimum absolute atomic E-state index is 0.748. The summed E-state index contributed by atoms with van der Waals surface area (Å²) in [4.78, 5) is 15.1. The molecule has 24 heavy (non-hydrogen) atoms. The van der Waals surface area contributed by atoms with Crippen LogP contribution in [-0.4, -0.2) is 35.6 Å². The number of rotatable bonds is 8. The lowest BCUT2D eigenvalue weighted by Gasteiger charge is -2.10. The van der Waals surface area contributed by atoms with E-state index in [1.54, 1.807) is 22.7 Å². The maximum Gasteiger partial charge on any atom is 0.191 e. The third-order valence-corrected chi connectivity index (χ3v) is 5.76. The van der Waals surface area contributed by atoms with E-state index < -0.39 is 0 Å². The number of guanidine groups is 1. The molecule has 0 aliphatic carbocycles. The molecule has 2 heterocycles. The highest BCUT2D eigenvalue weighted by Crippen LogP contribution is 2.16. The van der Waals surface area contributed by atoms with Crippen molar-refractivity contribution < 1.29 is 0 Å². The van der Waals surface area contributed by atoms with Gasteiger partial charge in [-0.05, 0) is 27.2 Å². The molecule has 2 aromatic heterocycles. The van der Waals surface area contributed by atoms with Crippen molar-refractivity contribution in [1.82, 2.24) is 20.6 Å². The fourth-order valence-electron chi connectivity index (χ4n) is 2.19. The molecule has 132 valence electrons. The van der Waals surface area contributed by atoms with Gasteiger partial charge in [-0.3, -0.25) is 4.99 Å². The number of aryl methyl sites for hydroxylation is 3. The molecular weight excluding hydrogens is 338 g/mol. The second-order valence-electron chi connectivity index (χ2n) is 5.52. The quantitative estimate of drug-likeness (QED) is 0.557. The van der Waals surface area contributed by atoms with E-state index in [0.29, 0.717) is 0 Å². The topological polar surface area (TPSA) is 62.2 Å². The lowest BCUT2D eigenvalue weighted by molar-refractivity contribution is 0.786. The number of nitrogens with zero attached hydrogens (tertiary/aromatic N) is 3. The van der Waals surface area contributed by atoms with E-state index in [0.717, 1.165) is 56.2 Å². The van der Waals surface area contributed by atoms with Gasteiger partial charge >= 0.3 is 0 Å². The summed E-state index contributed by atoms with van der Waals surface area (Å²) in [5, 5.41) is 11.2. The molecule has 0 aliphatic rings. The zero-order valence-corrected chi connectivity index (χ0v) is 16.6. The Balaban J connectivity index is 1.79. The number of aromatic nitrogens is 2. The Kier molecular flexibility index (Phi) is 7.65. The van der Waals surface area contributed by atoms with Crippen LogP contribution in [0.3, 0.4) is 0 Å². The van der Waals surface area contributed by atoms with Crippen LogP contribution >= 0.6 is 22.7 Å². The highest BCUT2D eigenvalue weighted by Gasteiger charge is 2.04. The Morgan fingerprint density at radius 2 is 1.96 bits per heavy atom. The normalized spacial score (nSPS) is 11.8. The maximum absolute atomic E-state index is 4.64. The standard InChI is InChI=1S/C17H27N5S2/c1-5-15-22-14(11-23-15)7-9-19-17(18-6-2)20-10-8-16-21-12(3)13(4)24-16/h11H,5-10H2,1-4H3,(H2,18,19,20). The van der Waals surface area contributed by atoms with E-state index in [9.17, 15) is 0 Å². The van der Waals surface area contributed by atoms with Gasteiger partial charge in [0.1, 0.15) is 0 Å². The number of hydrogen-bond acceptors (Lipinski definition) is 5. The van der Waals surface area contributed by atoms with Gasteiger partial charge in [-0.1, -0.05) is 6.92 Å². The van der Waals surface area contributed by atoms with Crippen LogP contribution in [0.2, 0.25) is 0 Å². The second kappa shape index (κ2) is 9.74. The first kappa shape index (κ1) is 18.9. The van der Waals surface area contributed by atoms with Crippen molar-refractivity contribution >= 4 is 28.6 Å². The Morgan fingerprint density at radius 3 is 2.58 bits per heavy atom. The monoisotopic (exact) mass is 365 g/mol. The van der Waals surface area contributed by atoms with Crippen LogP contribution in [-0.2, 0) is 19.3 Å². The Bertz CT molecular complexity index is 640. The van der Waals surface area contributed by atoms with Crippen molar-refractivity contribution in [3.05, 3.63) is 31.7 Å². The molecule has 0 saturated carbocycles. The van der Waals surface area contributed by atoms with E-state index >= 15 is 0 Å². The van der Waals surface area contributed by atoms with Crippen molar-refractivity contribution in [2.75, 3.05) is 19.6 Å². The first-order valence-electron chi connectivity index (χ1n) is 8.50. The minimum atomic E-state index is 0.748. The second-order valence-corrected chi connectivity index (χ2v) is 7.75. The minimum Gasteiger partial charge on any atom is -0.357 e. The number of thiazole rings is 2. The van der Waals surface area contributed by atoms with Gasteiger partial charge in [0.2, 0.25) is 0 Å². The fourth-order valence-corrected chi connectivity index (χ4v) is 3.89. The largest absolute Gasteiger partial charge is 0.357 e. The van der Waals surface area contributed by atoms with Crippen LogP contribution in [0.5, 0.6) is 0 Å². The van der Waals surface area contributed by atoms with E-state index in [1.165, 1.54) is 14.9 Å². The Labute approximate surface area is 152 Å². The van der Waals surface area contributed by atoms with Gasteiger partial charge in [-0.2, -0.15) is 0 Å². The molecule has 0 aliphatic heterocycles. The van der Waals surface area contributed by atoms with Crippen LogP contribution in [0.25, 0.3) is 0 Å². The van der Waals surface area contributed by atoms with Crippen molar-refractivity contribution in [2.45, 2.75) is 47.0 Å². The number of nitrogens with one attached hydrogen (secondary N) is 2. The lowest BCUT2D eigenvalue weighted by atomic mass is 10.3. The first-order valence-corrected chi connectivity index (χ1v) is 10.2. The Hall–Kier alpha value is -1.47. The highest BCUT2D eigenvalue weighted by molar-refractivity contribution is 7.11. The lowest BCUT2D eigenvalue weighted by Crippen LogP contribution is -2.38. The molecule has 2 aromatic rings. The highest BCUT2D eigenvalue weighted by atomic mass is 32.1. The molecule has 0 radical (unpaired) electrons. The molecule has 7 heteroatoms. The summed E-state index contributed by atoms with van der Waals surface area (Å²) in [6.45, 7) is 10.9. The summed E-state index contributed by atoms with van der Waals surface area (Å²) >= 11 is 3.51. The van der Waals surface area contributed by atoms with Gasteiger partial charge < -0.3 is 10.6 Å². The van der Waals surface area contributed by atoms with Crippen molar-refractivity contribution in [1.29, 1.82) is 0 Å². The predicted molar refractivity (Wildman–Crippen MR) is 104 cm³/mol. The number of aliphatic imine (C=N–C) groups is 1. The summed E-state index contributed by atoms with van der Waals surface area (Å²) in [6.07, 6.45) is 2.82. The summed E-state index contributed by atoms with van der Waals surface area (Å²) < 4.78 is 0. The molecule has 0 amide bonds. The maximum atomic E-state index is 4.64. The van der Waals surface area contributed by atoms with Gasteiger partial charge in [0.05, 0.1) is 21.4 Å². The van der Waals surface area contributed by atoms with E-state index in [1.807, 2.05) is 0 Å². The summed E-state index contributed by atoms with van der Waals surface area (Å²) in [5.74, 6) is 0.869. The average Bonchev–Trinajstić information content (AvgIpc) is 3.14. The summed E-state index contributed by atoms with van der Waals surface area (Å²) in [6, 6.07) is 0. The van der Waals surface area contributed by atoms with Crippen LogP contribution < -0.4 is 10.6 Å². The summed E-state index contributed by atoms with van der Waals surface area (Å²) in [5.41, 5.74) is 2.30. The molecule has 0 unspecified atom stereocenters. The predicted octanol–water partition coefficient (Wildman–Crippen LogP) is 3.12. The Morgan fingerprint density at radius 1 is 1.12 bits per heavy atom. The fraction of sp³-hybridized carbons (Fsp3) is 0.588. The third-order valence-electron chi connectivity index (χ3n) is 3.59. The van der Waals surface area contributed by atoms with Crippen molar-refractivity contribution in [3.63, 3.8) is 0 Å². The first-order chi connectivity index (χ1) is 11.6. The van der Waals surface area contributed by atoms with E-state index in [2.05, 4.69) is 58.7 Å². The van der Waals surface area contributed by atoms with Gasteiger partial charge in [0.15, 0.2) is 5.96 Å². The molecule has 0 bridgehead atoms. The van der Waals surface area contributed by atoms with E-state index in [4.69, 9.17) is 0 Å². The summed E-state index contributed by atoms with van der Waals surface area (Å²) in [7, 11) is 0.